The maximum absolute atomic E-state index is 4.48. The molecular weight excluding hydrogens is 485 g/mol. The van der Waals surface area contributed by atoms with Crippen molar-refractivity contribution >= 4 is 29.9 Å². The minimum absolute atomic E-state index is 0. The van der Waals surface area contributed by atoms with Gasteiger partial charge in [0.15, 0.2) is 5.96 Å². The Morgan fingerprint density at radius 1 is 1.23 bits per heavy atom. The number of likely N-dealkylation sites (tertiary alicyclic amines) is 1. The predicted molar refractivity (Wildman–Crippen MR) is 141 cm³/mol. The van der Waals surface area contributed by atoms with E-state index in [0.717, 1.165) is 57.8 Å². The van der Waals surface area contributed by atoms with Crippen LogP contribution in [-0.4, -0.2) is 55.7 Å². The Kier molecular flexibility index (Phi) is 12.6. The van der Waals surface area contributed by atoms with Crippen LogP contribution in [0.2, 0.25) is 0 Å². The number of hydrogen-bond acceptors (Lipinski definition) is 3. The van der Waals surface area contributed by atoms with Crippen molar-refractivity contribution in [3.05, 3.63) is 48.6 Å². The summed E-state index contributed by atoms with van der Waals surface area (Å²) < 4.78 is 0. The number of aliphatic imine (C=N–C) groups is 1. The van der Waals surface area contributed by atoms with Gasteiger partial charge in [0, 0.05) is 50.8 Å². The molecule has 1 saturated heterocycles. The molecule has 0 aromatic heterocycles. The van der Waals surface area contributed by atoms with E-state index in [4.69, 9.17) is 0 Å². The molecule has 1 unspecified atom stereocenters. The van der Waals surface area contributed by atoms with Crippen LogP contribution >= 0.6 is 24.0 Å². The highest BCUT2D eigenvalue weighted by Gasteiger charge is 2.28. The van der Waals surface area contributed by atoms with Crippen molar-refractivity contribution < 1.29 is 0 Å². The third kappa shape index (κ3) is 8.19. The Morgan fingerprint density at radius 2 is 1.87 bits per heavy atom. The first-order valence-corrected chi connectivity index (χ1v) is 11.2. The summed E-state index contributed by atoms with van der Waals surface area (Å²) in [4.78, 5) is 6.94. The highest BCUT2D eigenvalue weighted by Crippen LogP contribution is 2.21. The van der Waals surface area contributed by atoms with E-state index in [1.165, 1.54) is 5.56 Å². The van der Waals surface area contributed by atoms with Gasteiger partial charge in [-0.1, -0.05) is 50.3 Å². The summed E-state index contributed by atoms with van der Waals surface area (Å²) >= 11 is 0. The van der Waals surface area contributed by atoms with Crippen LogP contribution in [-0.2, 0) is 0 Å². The topological polar surface area (TPSA) is 51.7 Å². The Labute approximate surface area is 201 Å². The molecule has 1 aromatic rings. The van der Waals surface area contributed by atoms with Crippen LogP contribution in [0.25, 0.3) is 0 Å². The largest absolute Gasteiger partial charge is 0.355 e. The minimum atomic E-state index is 0. The molecule has 0 amide bonds. The van der Waals surface area contributed by atoms with Crippen LogP contribution in [0.4, 0.5) is 0 Å². The van der Waals surface area contributed by atoms with Crippen LogP contribution in [0, 0.1) is 0 Å². The lowest BCUT2D eigenvalue weighted by Crippen LogP contribution is -2.56. The highest BCUT2D eigenvalue weighted by molar-refractivity contribution is 14.0. The summed E-state index contributed by atoms with van der Waals surface area (Å²) in [5.74, 6) is 0.910. The molecule has 2 rings (SSSR count). The summed E-state index contributed by atoms with van der Waals surface area (Å²) in [5.41, 5.74) is 1.35. The molecule has 1 aliphatic rings. The van der Waals surface area contributed by atoms with Crippen molar-refractivity contribution in [3.8, 4) is 0 Å². The molecule has 1 atom stereocenters. The number of nitrogens with one attached hydrogen (secondary N) is 3. The van der Waals surface area contributed by atoms with E-state index in [9.17, 15) is 0 Å². The zero-order chi connectivity index (χ0) is 21.1. The Bertz CT molecular complexity index is 622. The second-order valence-corrected chi connectivity index (χ2v) is 8.20. The fourth-order valence-corrected chi connectivity index (χ4v) is 4.12. The van der Waals surface area contributed by atoms with Crippen LogP contribution < -0.4 is 16.0 Å². The first-order chi connectivity index (χ1) is 14.1. The van der Waals surface area contributed by atoms with Crippen molar-refractivity contribution in [2.45, 2.75) is 64.1 Å². The predicted octanol–water partition coefficient (Wildman–Crippen LogP) is 4.33. The van der Waals surface area contributed by atoms with Gasteiger partial charge in [0.2, 0.25) is 0 Å². The molecule has 1 heterocycles. The van der Waals surface area contributed by atoms with Crippen LogP contribution in [0.3, 0.4) is 0 Å². The monoisotopic (exact) mass is 527 g/mol. The van der Waals surface area contributed by atoms with Gasteiger partial charge in [0.1, 0.15) is 0 Å². The second-order valence-electron chi connectivity index (χ2n) is 8.20. The lowest BCUT2D eigenvalue weighted by Gasteiger charge is -2.37. The van der Waals surface area contributed by atoms with E-state index < -0.39 is 0 Å². The fourth-order valence-electron chi connectivity index (χ4n) is 4.12. The molecule has 6 heteroatoms. The van der Waals surface area contributed by atoms with E-state index in [2.05, 4.69) is 83.5 Å². The zero-order valence-electron chi connectivity index (χ0n) is 19.3. The fraction of sp³-hybridized carbons (Fsp3) is 0.625. The smallest absolute Gasteiger partial charge is 0.191 e. The van der Waals surface area contributed by atoms with Crippen molar-refractivity contribution in [2.24, 2.45) is 4.99 Å². The van der Waals surface area contributed by atoms with Crippen molar-refractivity contribution in [1.82, 2.24) is 20.9 Å². The molecule has 0 saturated carbocycles. The third-order valence-electron chi connectivity index (χ3n) is 6.31. The van der Waals surface area contributed by atoms with Crippen molar-refractivity contribution in [1.29, 1.82) is 0 Å². The number of hydrogen-bond donors (Lipinski definition) is 3. The highest BCUT2D eigenvalue weighted by atomic mass is 127. The summed E-state index contributed by atoms with van der Waals surface area (Å²) in [6, 6.07) is 11.5. The van der Waals surface area contributed by atoms with Gasteiger partial charge in [0.05, 0.1) is 0 Å². The van der Waals surface area contributed by atoms with Gasteiger partial charge in [0.25, 0.3) is 0 Å². The Hall–Kier alpha value is -1.12. The summed E-state index contributed by atoms with van der Waals surface area (Å²) in [5, 5.41) is 11.1. The van der Waals surface area contributed by atoms with E-state index in [0.29, 0.717) is 12.1 Å². The standard InChI is InChI=1S/C24H41N5.HI/c1-6-16-29-17-14-22(15-18-29)27-23(25-5)26-19-24(7-2,8-3)28-20(4)21-12-10-9-11-13-21;/h6,9-13,20,22,28H,1,7-8,14-19H2,2-5H3,(H2,25,26,27);1H. The van der Waals surface area contributed by atoms with Gasteiger partial charge in [-0.2, -0.15) is 0 Å². The van der Waals surface area contributed by atoms with E-state index in [1.54, 1.807) is 0 Å². The number of piperidine rings is 1. The molecule has 0 spiro atoms. The molecule has 1 aliphatic heterocycles. The molecular formula is C24H42IN5. The van der Waals surface area contributed by atoms with E-state index in [-0.39, 0.29) is 29.5 Å². The summed E-state index contributed by atoms with van der Waals surface area (Å²) in [6.45, 7) is 14.7. The maximum atomic E-state index is 4.48. The molecule has 0 bridgehead atoms. The second kappa shape index (κ2) is 14.0. The maximum Gasteiger partial charge on any atom is 0.191 e. The lowest BCUT2D eigenvalue weighted by atomic mass is 9.90. The van der Waals surface area contributed by atoms with Crippen molar-refractivity contribution in [2.75, 3.05) is 33.2 Å². The molecule has 0 radical (unpaired) electrons. The third-order valence-corrected chi connectivity index (χ3v) is 6.31. The SMILES string of the molecule is C=CCN1CCC(NC(=NC)NCC(CC)(CC)NC(C)c2ccccc2)CC1.I. The zero-order valence-corrected chi connectivity index (χ0v) is 21.6. The lowest BCUT2D eigenvalue weighted by molar-refractivity contribution is 0.224. The van der Waals surface area contributed by atoms with E-state index in [1.807, 2.05) is 13.1 Å². The van der Waals surface area contributed by atoms with Crippen LogP contribution in [0.1, 0.15) is 58.1 Å². The molecule has 5 nitrogen and oxygen atoms in total. The Morgan fingerprint density at radius 3 is 2.40 bits per heavy atom. The quantitative estimate of drug-likeness (QED) is 0.184. The average Bonchev–Trinajstić information content (AvgIpc) is 2.77. The van der Waals surface area contributed by atoms with Crippen LogP contribution in [0.15, 0.2) is 48.0 Å². The number of nitrogens with zero attached hydrogens (tertiary/aromatic N) is 2. The molecule has 0 aliphatic carbocycles. The number of rotatable bonds is 10. The number of halogens is 1. The number of guanidine groups is 1. The Balaban J connectivity index is 0.00000450. The number of benzene rings is 1. The summed E-state index contributed by atoms with van der Waals surface area (Å²) in [7, 11) is 1.86. The van der Waals surface area contributed by atoms with Gasteiger partial charge in [-0.25, -0.2) is 0 Å². The van der Waals surface area contributed by atoms with Gasteiger partial charge >= 0.3 is 0 Å². The first kappa shape index (κ1) is 26.9. The van der Waals surface area contributed by atoms with Gasteiger partial charge in [-0.05, 0) is 38.2 Å². The van der Waals surface area contributed by atoms with Crippen molar-refractivity contribution in [3.63, 3.8) is 0 Å². The minimum Gasteiger partial charge on any atom is -0.355 e. The van der Waals surface area contributed by atoms with Crippen LogP contribution in [0.5, 0.6) is 0 Å². The van der Waals surface area contributed by atoms with Gasteiger partial charge in [-0.3, -0.25) is 9.89 Å². The molecule has 170 valence electrons. The van der Waals surface area contributed by atoms with Gasteiger partial charge < -0.3 is 16.0 Å². The first-order valence-electron chi connectivity index (χ1n) is 11.2. The molecule has 1 aromatic carbocycles. The van der Waals surface area contributed by atoms with Gasteiger partial charge in [-0.15, -0.1) is 30.6 Å². The normalized spacial score (nSPS) is 17.1. The average molecular weight is 528 g/mol. The molecule has 1 fully saturated rings. The molecule has 30 heavy (non-hydrogen) atoms. The molecule has 3 N–H and O–H groups in total. The summed E-state index contributed by atoms with van der Waals surface area (Å²) in [6.07, 6.45) is 6.40. The van der Waals surface area contributed by atoms with E-state index >= 15 is 0 Å².